The van der Waals surface area contributed by atoms with E-state index in [1.807, 2.05) is 0 Å². The average molecular weight is 218 g/mol. The van der Waals surface area contributed by atoms with E-state index in [0.717, 1.165) is 7.11 Å². The van der Waals surface area contributed by atoms with Crippen LogP contribution in [0.2, 0.25) is 0 Å². The molecule has 0 unspecified atom stereocenters. The summed E-state index contributed by atoms with van der Waals surface area (Å²) in [5.41, 5.74) is -0.345. The molecule has 0 aromatic heterocycles. The minimum absolute atomic E-state index is 0.134. The van der Waals surface area contributed by atoms with Gasteiger partial charge in [-0.05, 0) is 12.8 Å². The van der Waals surface area contributed by atoms with E-state index >= 15 is 0 Å². The molecule has 0 atom stereocenters. The Morgan fingerprint density at radius 3 is 1.93 bits per heavy atom. The molecule has 1 aromatic rings. The van der Waals surface area contributed by atoms with Gasteiger partial charge in [-0.15, -0.1) is 0 Å². The lowest BCUT2D eigenvalue weighted by Gasteiger charge is -2.14. The third-order valence-electron chi connectivity index (χ3n) is 2.31. The Morgan fingerprint density at radius 1 is 1.00 bits per heavy atom. The maximum absolute atomic E-state index is 13.6. The van der Waals surface area contributed by atoms with Crippen molar-refractivity contribution in [2.45, 2.75) is 26.7 Å². The van der Waals surface area contributed by atoms with Crippen molar-refractivity contribution < 1.29 is 17.9 Å². The molecule has 0 saturated carbocycles. The SMILES string of the molecule is COc1c(F)c(C)c(F)c(C(C)C)c1F. The van der Waals surface area contributed by atoms with Crippen molar-refractivity contribution in [3.05, 3.63) is 28.6 Å². The highest BCUT2D eigenvalue weighted by atomic mass is 19.1. The van der Waals surface area contributed by atoms with Crippen LogP contribution < -0.4 is 4.74 Å². The fourth-order valence-corrected chi connectivity index (χ4v) is 1.47. The minimum Gasteiger partial charge on any atom is -0.491 e. The summed E-state index contributed by atoms with van der Waals surface area (Å²) >= 11 is 0. The first-order valence-corrected chi connectivity index (χ1v) is 4.62. The van der Waals surface area contributed by atoms with Crippen molar-refractivity contribution >= 4 is 0 Å². The van der Waals surface area contributed by atoms with Gasteiger partial charge in [0.05, 0.1) is 7.11 Å². The summed E-state index contributed by atoms with van der Waals surface area (Å²) in [6.45, 7) is 4.54. The van der Waals surface area contributed by atoms with Crippen LogP contribution in [-0.4, -0.2) is 7.11 Å². The zero-order chi connectivity index (χ0) is 11.7. The fraction of sp³-hybridized carbons (Fsp3) is 0.455. The van der Waals surface area contributed by atoms with Crippen molar-refractivity contribution in [1.29, 1.82) is 0 Å². The molecule has 0 N–H and O–H groups in total. The topological polar surface area (TPSA) is 9.23 Å². The van der Waals surface area contributed by atoms with E-state index in [-0.39, 0.29) is 17.0 Å². The lowest BCUT2D eigenvalue weighted by Crippen LogP contribution is -2.06. The largest absolute Gasteiger partial charge is 0.491 e. The Bertz CT molecular complexity index is 386. The van der Waals surface area contributed by atoms with E-state index in [0.29, 0.717) is 0 Å². The summed E-state index contributed by atoms with van der Waals surface area (Å²) in [5, 5.41) is 0. The molecule has 15 heavy (non-hydrogen) atoms. The first kappa shape index (κ1) is 11.9. The molecular weight excluding hydrogens is 205 g/mol. The Balaban J connectivity index is 3.60. The van der Waals surface area contributed by atoms with Crippen LogP contribution in [0.15, 0.2) is 0 Å². The van der Waals surface area contributed by atoms with E-state index in [4.69, 9.17) is 0 Å². The number of benzene rings is 1. The normalized spacial score (nSPS) is 10.9. The summed E-state index contributed by atoms with van der Waals surface area (Å²) in [6, 6.07) is 0. The highest BCUT2D eigenvalue weighted by Gasteiger charge is 2.24. The fourth-order valence-electron chi connectivity index (χ4n) is 1.47. The number of hydrogen-bond acceptors (Lipinski definition) is 1. The molecule has 1 rings (SSSR count). The van der Waals surface area contributed by atoms with Crippen molar-refractivity contribution in [2.24, 2.45) is 0 Å². The molecule has 1 nitrogen and oxygen atoms in total. The van der Waals surface area contributed by atoms with E-state index in [1.54, 1.807) is 13.8 Å². The smallest absolute Gasteiger partial charge is 0.191 e. The number of methoxy groups -OCH3 is 1. The maximum Gasteiger partial charge on any atom is 0.191 e. The van der Waals surface area contributed by atoms with Gasteiger partial charge in [0.25, 0.3) is 0 Å². The molecule has 0 heterocycles. The van der Waals surface area contributed by atoms with Gasteiger partial charge in [0.2, 0.25) is 0 Å². The van der Waals surface area contributed by atoms with Crippen LogP contribution in [0, 0.1) is 24.4 Å². The maximum atomic E-state index is 13.6. The van der Waals surface area contributed by atoms with Gasteiger partial charge in [0.15, 0.2) is 17.4 Å². The second-order valence-electron chi connectivity index (χ2n) is 3.67. The Labute approximate surface area is 86.9 Å². The zero-order valence-electron chi connectivity index (χ0n) is 9.12. The third kappa shape index (κ3) is 1.80. The molecule has 0 fully saturated rings. The third-order valence-corrected chi connectivity index (χ3v) is 2.31. The minimum atomic E-state index is -0.975. The standard InChI is InChI=1S/C11H13F3O/c1-5(2)7-8(12)6(3)9(13)11(15-4)10(7)14/h5H,1-4H3. The van der Waals surface area contributed by atoms with E-state index < -0.39 is 23.2 Å². The summed E-state index contributed by atoms with van der Waals surface area (Å²) < 4.78 is 45.1. The van der Waals surface area contributed by atoms with Crippen molar-refractivity contribution in [3.8, 4) is 5.75 Å². The lowest BCUT2D eigenvalue weighted by molar-refractivity contribution is 0.349. The highest BCUT2D eigenvalue weighted by molar-refractivity contribution is 5.40. The summed E-state index contributed by atoms with van der Waals surface area (Å²) in [7, 11) is 1.16. The molecular formula is C11H13F3O. The predicted molar refractivity (Wildman–Crippen MR) is 51.7 cm³/mol. The molecule has 0 spiro atoms. The lowest BCUT2D eigenvalue weighted by atomic mass is 9.98. The molecule has 0 bridgehead atoms. The second kappa shape index (κ2) is 4.13. The summed E-state index contributed by atoms with van der Waals surface area (Å²) in [5.74, 6) is -3.64. The van der Waals surface area contributed by atoms with Gasteiger partial charge < -0.3 is 4.74 Å². The summed E-state index contributed by atoms with van der Waals surface area (Å²) in [4.78, 5) is 0. The van der Waals surface area contributed by atoms with Crippen LogP contribution in [-0.2, 0) is 0 Å². The van der Waals surface area contributed by atoms with Gasteiger partial charge in [-0.3, -0.25) is 0 Å². The van der Waals surface area contributed by atoms with Gasteiger partial charge in [0, 0.05) is 11.1 Å². The van der Waals surface area contributed by atoms with Crippen LogP contribution in [0.5, 0.6) is 5.75 Å². The van der Waals surface area contributed by atoms with Crippen molar-refractivity contribution in [3.63, 3.8) is 0 Å². The first-order chi connectivity index (χ1) is 6.91. The molecule has 4 heteroatoms. The molecule has 84 valence electrons. The van der Waals surface area contributed by atoms with E-state index in [9.17, 15) is 13.2 Å². The molecule has 0 aliphatic heterocycles. The van der Waals surface area contributed by atoms with Crippen molar-refractivity contribution in [2.75, 3.05) is 7.11 Å². The molecule has 0 radical (unpaired) electrons. The highest BCUT2D eigenvalue weighted by Crippen LogP contribution is 2.33. The Kier molecular flexibility index (Phi) is 3.27. The zero-order valence-corrected chi connectivity index (χ0v) is 9.12. The first-order valence-electron chi connectivity index (χ1n) is 4.62. The van der Waals surface area contributed by atoms with E-state index in [1.165, 1.54) is 6.92 Å². The summed E-state index contributed by atoms with van der Waals surface area (Å²) in [6.07, 6.45) is 0. The van der Waals surface area contributed by atoms with Gasteiger partial charge >= 0.3 is 0 Å². The quantitative estimate of drug-likeness (QED) is 0.737. The van der Waals surface area contributed by atoms with Crippen LogP contribution >= 0.6 is 0 Å². The van der Waals surface area contributed by atoms with Crippen LogP contribution in [0.1, 0.15) is 30.9 Å². The van der Waals surface area contributed by atoms with E-state index in [2.05, 4.69) is 4.74 Å². The predicted octanol–water partition coefficient (Wildman–Crippen LogP) is 3.54. The molecule has 0 aliphatic carbocycles. The van der Waals surface area contributed by atoms with Gasteiger partial charge in [-0.25, -0.2) is 13.2 Å². The number of hydrogen-bond donors (Lipinski definition) is 0. The van der Waals surface area contributed by atoms with Gasteiger partial charge in [-0.1, -0.05) is 13.8 Å². The molecule has 0 amide bonds. The Hall–Kier alpha value is -1.19. The van der Waals surface area contributed by atoms with Gasteiger partial charge in [-0.2, -0.15) is 0 Å². The average Bonchev–Trinajstić information content (AvgIpc) is 2.15. The van der Waals surface area contributed by atoms with Gasteiger partial charge in [0.1, 0.15) is 5.82 Å². The molecule has 0 saturated heterocycles. The van der Waals surface area contributed by atoms with Crippen LogP contribution in [0.25, 0.3) is 0 Å². The Morgan fingerprint density at radius 2 is 1.53 bits per heavy atom. The number of rotatable bonds is 2. The number of ether oxygens (including phenoxy) is 1. The van der Waals surface area contributed by atoms with Crippen LogP contribution in [0.3, 0.4) is 0 Å². The monoisotopic (exact) mass is 218 g/mol. The van der Waals surface area contributed by atoms with Crippen molar-refractivity contribution in [1.82, 2.24) is 0 Å². The molecule has 1 aromatic carbocycles. The van der Waals surface area contributed by atoms with Crippen LogP contribution in [0.4, 0.5) is 13.2 Å². The molecule has 0 aliphatic rings. The number of halogens is 3. The second-order valence-corrected chi connectivity index (χ2v) is 3.67.